The minimum Gasteiger partial charge on any atom is -0.360 e. The average Bonchev–Trinajstić information content (AvgIpc) is 3.34. The third-order valence-corrected chi connectivity index (χ3v) is 5.51. The lowest BCUT2D eigenvalue weighted by Gasteiger charge is -2.34. The van der Waals surface area contributed by atoms with E-state index >= 15 is 0 Å². The highest BCUT2D eigenvalue weighted by Gasteiger charge is 2.26. The lowest BCUT2D eigenvalue weighted by atomic mass is 10.2. The third-order valence-electron chi connectivity index (χ3n) is 4.86. The lowest BCUT2D eigenvalue weighted by Crippen LogP contribution is -2.48. The molecule has 1 aliphatic heterocycles. The summed E-state index contributed by atoms with van der Waals surface area (Å²) in [5, 5.41) is 4.75. The first kappa shape index (κ1) is 18.8. The quantitative estimate of drug-likeness (QED) is 0.617. The van der Waals surface area contributed by atoms with E-state index in [0.717, 1.165) is 41.9 Å². The van der Waals surface area contributed by atoms with E-state index in [-0.39, 0.29) is 5.91 Å². The summed E-state index contributed by atoms with van der Waals surface area (Å²) in [5.74, 6) is 0.885. The van der Waals surface area contributed by atoms with Gasteiger partial charge in [-0.2, -0.15) is 0 Å². The van der Waals surface area contributed by atoms with Gasteiger partial charge in [-0.1, -0.05) is 35.1 Å². The van der Waals surface area contributed by atoms with Crippen molar-refractivity contribution in [3.63, 3.8) is 0 Å². The van der Waals surface area contributed by atoms with Gasteiger partial charge in [-0.15, -0.1) is 0 Å². The molecule has 1 aliphatic rings. The van der Waals surface area contributed by atoms with Crippen LogP contribution in [-0.4, -0.2) is 62.8 Å². The SMILES string of the molecule is CSc1ncc(C(=O)N2CCN(Cc3cc(C)no3)CC2)n1-c1ccccc1. The first-order chi connectivity index (χ1) is 13.7. The van der Waals surface area contributed by atoms with Crippen molar-refractivity contribution < 1.29 is 9.32 Å². The van der Waals surface area contributed by atoms with Gasteiger partial charge < -0.3 is 9.42 Å². The standard InChI is InChI=1S/C20H23N5O2S/c1-15-12-17(27-22-15)14-23-8-10-24(11-9-23)19(26)18-13-21-20(28-2)25(18)16-6-4-3-5-7-16/h3-7,12-13H,8-11,14H2,1-2H3. The van der Waals surface area contributed by atoms with Crippen LogP contribution in [0.25, 0.3) is 5.69 Å². The molecule has 146 valence electrons. The third kappa shape index (κ3) is 3.83. The molecule has 1 saturated heterocycles. The highest BCUT2D eigenvalue weighted by molar-refractivity contribution is 7.98. The van der Waals surface area contributed by atoms with E-state index < -0.39 is 0 Å². The molecule has 1 fully saturated rings. The van der Waals surface area contributed by atoms with Crippen molar-refractivity contribution in [3.8, 4) is 5.69 Å². The maximum atomic E-state index is 13.2. The summed E-state index contributed by atoms with van der Waals surface area (Å²) in [5.41, 5.74) is 2.45. The Kier molecular flexibility index (Phi) is 5.50. The van der Waals surface area contributed by atoms with Crippen molar-refractivity contribution in [2.45, 2.75) is 18.6 Å². The van der Waals surface area contributed by atoms with E-state index in [1.165, 1.54) is 11.8 Å². The van der Waals surface area contributed by atoms with E-state index in [1.807, 2.05) is 59.0 Å². The molecule has 0 bridgehead atoms. The summed E-state index contributed by atoms with van der Waals surface area (Å²) in [6, 6.07) is 11.9. The van der Waals surface area contributed by atoms with Crippen LogP contribution in [0.15, 0.2) is 52.3 Å². The van der Waals surface area contributed by atoms with Gasteiger partial charge in [-0.3, -0.25) is 14.3 Å². The number of carbonyl (C=O) groups is 1. The van der Waals surface area contributed by atoms with Crippen LogP contribution >= 0.6 is 11.8 Å². The van der Waals surface area contributed by atoms with Crippen LogP contribution in [0.3, 0.4) is 0 Å². The molecule has 3 heterocycles. The second-order valence-electron chi connectivity index (χ2n) is 6.80. The van der Waals surface area contributed by atoms with Gasteiger partial charge in [0.05, 0.1) is 18.4 Å². The van der Waals surface area contributed by atoms with Crippen LogP contribution in [0.4, 0.5) is 0 Å². The Bertz CT molecular complexity index is 945. The van der Waals surface area contributed by atoms with Crippen LogP contribution in [0.1, 0.15) is 21.9 Å². The summed E-state index contributed by atoms with van der Waals surface area (Å²) in [4.78, 5) is 21.8. The molecule has 0 unspecified atom stereocenters. The Morgan fingerprint density at radius 2 is 1.93 bits per heavy atom. The predicted octanol–water partition coefficient (Wildman–Crippen LogP) is 2.85. The predicted molar refractivity (Wildman–Crippen MR) is 108 cm³/mol. The van der Waals surface area contributed by atoms with Gasteiger partial charge in [-0.05, 0) is 25.3 Å². The molecule has 0 spiro atoms. The second-order valence-corrected chi connectivity index (χ2v) is 7.58. The molecule has 8 heteroatoms. The van der Waals surface area contributed by atoms with E-state index in [9.17, 15) is 4.79 Å². The Labute approximate surface area is 168 Å². The molecule has 28 heavy (non-hydrogen) atoms. The van der Waals surface area contributed by atoms with Crippen LogP contribution in [0.5, 0.6) is 0 Å². The molecule has 0 aliphatic carbocycles. The molecule has 0 N–H and O–H groups in total. The number of thioether (sulfide) groups is 1. The highest BCUT2D eigenvalue weighted by Crippen LogP contribution is 2.23. The maximum absolute atomic E-state index is 13.2. The van der Waals surface area contributed by atoms with Crippen molar-refractivity contribution in [1.29, 1.82) is 0 Å². The number of piperazine rings is 1. The average molecular weight is 398 g/mol. The number of imidazole rings is 1. The molecule has 3 aromatic rings. The smallest absolute Gasteiger partial charge is 0.272 e. The number of carbonyl (C=O) groups excluding carboxylic acids is 1. The minimum absolute atomic E-state index is 0.0202. The summed E-state index contributed by atoms with van der Waals surface area (Å²) >= 11 is 1.54. The number of aryl methyl sites for hydroxylation is 1. The number of benzene rings is 1. The number of para-hydroxylation sites is 1. The number of hydrogen-bond donors (Lipinski definition) is 0. The maximum Gasteiger partial charge on any atom is 0.272 e. The zero-order valence-corrected chi connectivity index (χ0v) is 16.9. The van der Waals surface area contributed by atoms with Crippen molar-refractivity contribution >= 4 is 17.7 Å². The molecule has 2 aromatic heterocycles. The molecule has 1 amide bonds. The molecular formula is C20H23N5O2S. The molecule has 0 radical (unpaired) electrons. The highest BCUT2D eigenvalue weighted by atomic mass is 32.2. The topological polar surface area (TPSA) is 67.4 Å². The van der Waals surface area contributed by atoms with E-state index in [0.29, 0.717) is 18.8 Å². The van der Waals surface area contributed by atoms with Gasteiger partial charge in [0.15, 0.2) is 10.9 Å². The van der Waals surface area contributed by atoms with Gasteiger partial charge in [0.1, 0.15) is 5.69 Å². The van der Waals surface area contributed by atoms with Gasteiger partial charge in [-0.25, -0.2) is 4.98 Å². The van der Waals surface area contributed by atoms with Crippen molar-refractivity contribution in [1.82, 2.24) is 24.5 Å². The molecule has 0 saturated carbocycles. The van der Waals surface area contributed by atoms with Gasteiger partial charge >= 0.3 is 0 Å². The fourth-order valence-corrected chi connectivity index (χ4v) is 3.98. The van der Waals surface area contributed by atoms with E-state index in [4.69, 9.17) is 4.52 Å². The van der Waals surface area contributed by atoms with Crippen LogP contribution in [0, 0.1) is 6.92 Å². The van der Waals surface area contributed by atoms with Crippen LogP contribution in [-0.2, 0) is 6.54 Å². The largest absolute Gasteiger partial charge is 0.360 e. The zero-order valence-electron chi connectivity index (χ0n) is 16.0. The molecule has 0 atom stereocenters. The number of aromatic nitrogens is 3. The molecular weight excluding hydrogens is 374 g/mol. The minimum atomic E-state index is 0.0202. The monoisotopic (exact) mass is 397 g/mol. The number of nitrogens with zero attached hydrogens (tertiary/aromatic N) is 5. The van der Waals surface area contributed by atoms with Gasteiger partial charge in [0.25, 0.3) is 5.91 Å². The summed E-state index contributed by atoms with van der Waals surface area (Å²) in [6.45, 7) is 5.62. The molecule has 4 rings (SSSR count). The Balaban J connectivity index is 1.47. The van der Waals surface area contributed by atoms with Crippen molar-refractivity contribution in [3.05, 3.63) is 59.7 Å². The summed E-state index contributed by atoms with van der Waals surface area (Å²) in [6.07, 6.45) is 3.66. The molecule has 1 aromatic carbocycles. The molecule has 7 nitrogen and oxygen atoms in total. The Morgan fingerprint density at radius 3 is 2.57 bits per heavy atom. The Morgan fingerprint density at radius 1 is 1.18 bits per heavy atom. The number of rotatable bonds is 5. The first-order valence-corrected chi connectivity index (χ1v) is 10.5. The Hall–Kier alpha value is -2.58. The number of hydrogen-bond acceptors (Lipinski definition) is 6. The fourth-order valence-electron chi connectivity index (χ4n) is 3.44. The van der Waals surface area contributed by atoms with Crippen molar-refractivity contribution in [2.24, 2.45) is 0 Å². The van der Waals surface area contributed by atoms with Gasteiger partial charge in [0.2, 0.25) is 0 Å². The fraction of sp³-hybridized carbons (Fsp3) is 0.350. The van der Waals surface area contributed by atoms with E-state index in [2.05, 4.69) is 15.0 Å². The van der Waals surface area contributed by atoms with Crippen LogP contribution < -0.4 is 0 Å². The normalized spacial score (nSPS) is 15.1. The first-order valence-electron chi connectivity index (χ1n) is 9.26. The lowest BCUT2D eigenvalue weighted by molar-refractivity contribution is 0.0609. The number of amides is 1. The van der Waals surface area contributed by atoms with Crippen LogP contribution in [0.2, 0.25) is 0 Å². The van der Waals surface area contributed by atoms with E-state index in [1.54, 1.807) is 6.20 Å². The van der Waals surface area contributed by atoms with Crippen molar-refractivity contribution in [2.75, 3.05) is 32.4 Å². The summed E-state index contributed by atoms with van der Waals surface area (Å²) in [7, 11) is 0. The van der Waals surface area contributed by atoms with Gasteiger partial charge in [0, 0.05) is 37.9 Å². The zero-order chi connectivity index (χ0) is 19.5. The second kappa shape index (κ2) is 8.20. The summed E-state index contributed by atoms with van der Waals surface area (Å²) < 4.78 is 7.25.